The van der Waals surface area contributed by atoms with E-state index in [2.05, 4.69) is 15.5 Å². The molecule has 1 aromatic carbocycles. The van der Waals surface area contributed by atoms with E-state index in [1.807, 2.05) is 6.92 Å². The van der Waals surface area contributed by atoms with Gasteiger partial charge in [0.2, 0.25) is 21.6 Å². The van der Waals surface area contributed by atoms with Crippen molar-refractivity contribution in [2.75, 3.05) is 24.8 Å². The molecule has 0 unspecified atom stereocenters. The zero-order valence-corrected chi connectivity index (χ0v) is 20.3. The maximum absolute atomic E-state index is 12.7. The van der Waals surface area contributed by atoms with E-state index >= 15 is 0 Å². The van der Waals surface area contributed by atoms with Crippen LogP contribution in [0.1, 0.15) is 40.6 Å². The molecule has 0 saturated heterocycles. The van der Waals surface area contributed by atoms with Gasteiger partial charge in [-0.15, -0.1) is 16.4 Å². The van der Waals surface area contributed by atoms with Crippen LogP contribution in [-0.2, 0) is 32.2 Å². The van der Waals surface area contributed by atoms with E-state index in [1.54, 1.807) is 24.3 Å². The number of nitrogens with one attached hydrogen (secondary N) is 1. The van der Waals surface area contributed by atoms with Crippen LogP contribution >= 0.6 is 11.3 Å². The summed E-state index contributed by atoms with van der Waals surface area (Å²) in [5, 5.41) is 9.58. The summed E-state index contributed by atoms with van der Waals surface area (Å²) in [6, 6.07) is 6.72. The van der Waals surface area contributed by atoms with Crippen molar-refractivity contribution in [1.29, 1.82) is 0 Å². The summed E-state index contributed by atoms with van der Waals surface area (Å²) in [5.41, 5.74) is 1.66. The van der Waals surface area contributed by atoms with E-state index in [-0.39, 0.29) is 5.89 Å². The van der Waals surface area contributed by atoms with Crippen LogP contribution in [0.15, 0.2) is 33.9 Å². The molecule has 34 heavy (non-hydrogen) atoms. The molecule has 0 radical (unpaired) electrons. The van der Waals surface area contributed by atoms with E-state index in [0.717, 1.165) is 29.7 Å². The van der Waals surface area contributed by atoms with Crippen molar-refractivity contribution in [3.05, 3.63) is 40.3 Å². The van der Waals surface area contributed by atoms with Gasteiger partial charge in [-0.3, -0.25) is 4.79 Å². The average molecular weight is 506 g/mol. The smallest absolute Gasteiger partial charge is 0.341 e. The van der Waals surface area contributed by atoms with Crippen LogP contribution in [0.25, 0.3) is 11.5 Å². The summed E-state index contributed by atoms with van der Waals surface area (Å²) in [6.07, 6.45) is 3.43. The van der Waals surface area contributed by atoms with E-state index in [9.17, 15) is 18.0 Å². The van der Waals surface area contributed by atoms with Crippen molar-refractivity contribution in [3.8, 4) is 17.2 Å². The first-order valence-corrected chi connectivity index (χ1v) is 13.1. The molecule has 10 nitrogen and oxygen atoms in total. The highest BCUT2D eigenvalue weighted by Crippen LogP contribution is 2.38. The summed E-state index contributed by atoms with van der Waals surface area (Å²) in [4.78, 5) is 25.9. The number of hydrogen-bond donors (Lipinski definition) is 1. The van der Waals surface area contributed by atoms with Crippen LogP contribution in [-0.4, -0.2) is 50.0 Å². The Bertz CT molecular complexity index is 1310. The number of nitrogens with zero attached hydrogens (tertiary/aromatic N) is 2. The number of rotatable bonds is 8. The van der Waals surface area contributed by atoms with E-state index in [0.29, 0.717) is 34.9 Å². The molecular weight excluding hydrogens is 482 g/mol. The van der Waals surface area contributed by atoms with Crippen LogP contribution in [0.2, 0.25) is 0 Å². The van der Waals surface area contributed by atoms with Crippen LogP contribution in [0, 0.1) is 0 Å². The molecule has 2 aromatic heterocycles. The van der Waals surface area contributed by atoms with Gasteiger partial charge in [-0.05, 0) is 62.4 Å². The van der Waals surface area contributed by atoms with Gasteiger partial charge in [-0.2, -0.15) is 0 Å². The predicted molar refractivity (Wildman–Crippen MR) is 124 cm³/mol. The molecule has 1 aliphatic rings. The number of fused-ring (bicyclic) bond motifs is 1. The van der Waals surface area contributed by atoms with Gasteiger partial charge in [0.05, 0.1) is 19.3 Å². The SMILES string of the molecule is CCOc1ccc(-c2nnc(S(=O)(=O)CC(=O)Nc3sc4c(c3C(=O)OC)CCCC4)o2)cc1. The Kier molecular flexibility index (Phi) is 6.98. The molecule has 12 heteroatoms. The molecular formula is C22H23N3O7S2. The van der Waals surface area contributed by atoms with Gasteiger partial charge in [-0.1, -0.05) is 5.10 Å². The minimum atomic E-state index is -4.21. The van der Waals surface area contributed by atoms with Crippen molar-refractivity contribution < 1.29 is 31.9 Å². The monoisotopic (exact) mass is 505 g/mol. The van der Waals surface area contributed by atoms with Crippen molar-refractivity contribution in [2.45, 2.75) is 37.8 Å². The number of sulfone groups is 1. The minimum Gasteiger partial charge on any atom is -0.494 e. The Hall–Kier alpha value is -3.25. The van der Waals surface area contributed by atoms with E-state index in [1.165, 1.54) is 18.4 Å². The number of amides is 1. The van der Waals surface area contributed by atoms with Gasteiger partial charge < -0.3 is 19.2 Å². The molecule has 2 heterocycles. The van der Waals surface area contributed by atoms with Crippen molar-refractivity contribution in [1.82, 2.24) is 10.2 Å². The van der Waals surface area contributed by atoms with Crippen molar-refractivity contribution in [2.24, 2.45) is 0 Å². The maximum atomic E-state index is 12.7. The lowest BCUT2D eigenvalue weighted by Crippen LogP contribution is -2.24. The second-order valence-corrected chi connectivity index (χ2v) is 10.5. The summed E-state index contributed by atoms with van der Waals surface area (Å²) >= 11 is 1.27. The normalized spacial score (nSPS) is 13.2. The second-order valence-electron chi connectivity index (χ2n) is 7.54. The van der Waals surface area contributed by atoms with Gasteiger partial charge >= 0.3 is 11.2 Å². The average Bonchev–Trinajstić information content (AvgIpc) is 3.44. The Morgan fingerprint density at radius 1 is 1.15 bits per heavy atom. The zero-order chi connectivity index (χ0) is 24.3. The number of anilines is 1. The second kappa shape index (κ2) is 9.94. The number of thiophene rings is 1. The van der Waals surface area contributed by atoms with Crippen molar-refractivity contribution in [3.63, 3.8) is 0 Å². The topological polar surface area (TPSA) is 138 Å². The fraction of sp³-hybridized carbons (Fsp3) is 0.364. The highest BCUT2D eigenvalue weighted by atomic mass is 32.2. The number of methoxy groups -OCH3 is 1. The van der Waals surface area contributed by atoms with Crippen LogP contribution in [0.3, 0.4) is 0 Å². The third-order valence-electron chi connectivity index (χ3n) is 5.22. The highest BCUT2D eigenvalue weighted by molar-refractivity contribution is 7.91. The molecule has 4 rings (SSSR count). The predicted octanol–water partition coefficient (Wildman–Crippen LogP) is 3.27. The molecule has 0 spiro atoms. The lowest BCUT2D eigenvalue weighted by molar-refractivity contribution is -0.113. The quantitative estimate of drug-likeness (QED) is 0.457. The molecule has 0 fully saturated rings. The van der Waals surface area contributed by atoms with Gasteiger partial charge in [-0.25, -0.2) is 13.2 Å². The van der Waals surface area contributed by atoms with Gasteiger partial charge in [0, 0.05) is 10.4 Å². The number of ether oxygens (including phenoxy) is 2. The Morgan fingerprint density at radius 2 is 1.88 bits per heavy atom. The van der Waals surface area contributed by atoms with Gasteiger partial charge in [0.1, 0.15) is 16.5 Å². The number of esters is 1. The van der Waals surface area contributed by atoms with Gasteiger partial charge in [0.25, 0.3) is 0 Å². The van der Waals surface area contributed by atoms with E-state index in [4.69, 9.17) is 13.9 Å². The Morgan fingerprint density at radius 3 is 2.59 bits per heavy atom. The first kappa shape index (κ1) is 23.9. The molecule has 0 aliphatic heterocycles. The van der Waals surface area contributed by atoms with E-state index < -0.39 is 32.7 Å². The largest absolute Gasteiger partial charge is 0.494 e. The van der Waals surface area contributed by atoms with Crippen molar-refractivity contribution >= 4 is 38.1 Å². The molecule has 3 aromatic rings. The van der Waals surface area contributed by atoms with Crippen LogP contribution in [0.4, 0.5) is 5.00 Å². The zero-order valence-electron chi connectivity index (χ0n) is 18.6. The molecule has 0 atom stereocenters. The molecule has 1 amide bonds. The highest BCUT2D eigenvalue weighted by Gasteiger charge is 2.30. The molecule has 0 saturated carbocycles. The summed E-state index contributed by atoms with van der Waals surface area (Å²) < 4.78 is 41.0. The summed E-state index contributed by atoms with van der Waals surface area (Å²) in [7, 11) is -2.95. The molecule has 1 aliphatic carbocycles. The Balaban J connectivity index is 1.50. The van der Waals surface area contributed by atoms with Gasteiger partial charge in [0.15, 0.2) is 0 Å². The summed E-state index contributed by atoms with van der Waals surface area (Å²) in [5.74, 6) is -1.64. The number of aromatic nitrogens is 2. The fourth-order valence-corrected chi connectivity index (χ4v) is 5.89. The standard InChI is InChI=1S/C22H23N3O7S2/c1-3-31-14-10-8-13(9-11-14)19-24-25-22(32-19)34(28,29)12-17(26)23-20-18(21(27)30-2)15-6-4-5-7-16(15)33-20/h8-11H,3-7,12H2,1-2H3,(H,23,26). The molecule has 1 N–H and O–H groups in total. The lowest BCUT2D eigenvalue weighted by Gasteiger charge is -2.11. The number of benzene rings is 1. The van der Waals surface area contributed by atoms with Crippen LogP contribution < -0.4 is 10.1 Å². The third-order valence-corrected chi connectivity index (χ3v) is 7.77. The molecule has 0 bridgehead atoms. The number of carbonyl (C=O) groups excluding carboxylic acids is 2. The molecule has 180 valence electrons. The first-order valence-electron chi connectivity index (χ1n) is 10.6. The minimum absolute atomic E-state index is 0.000871. The first-order chi connectivity index (χ1) is 16.3. The maximum Gasteiger partial charge on any atom is 0.341 e. The third kappa shape index (κ3) is 4.97. The fourth-order valence-electron chi connectivity index (χ4n) is 3.68. The number of hydrogen-bond acceptors (Lipinski definition) is 10. The van der Waals surface area contributed by atoms with Crippen LogP contribution in [0.5, 0.6) is 5.75 Å². The Labute approximate surface area is 200 Å². The number of carbonyl (C=O) groups is 2. The summed E-state index contributed by atoms with van der Waals surface area (Å²) in [6.45, 7) is 2.38. The lowest BCUT2D eigenvalue weighted by atomic mass is 9.95. The number of aryl methyl sites for hydroxylation is 1.